The fraction of sp³-hybridized carbons (Fsp3) is 0.0625. The number of aryl methyl sites for hydroxylation is 3. The van der Waals surface area contributed by atoms with Gasteiger partial charge in [-0.05, 0) is 159 Å². The fourth-order valence-corrected chi connectivity index (χ4v) is 10.6. The molecule has 11 aromatic carbocycles. The van der Waals surface area contributed by atoms with Gasteiger partial charge in [0.1, 0.15) is 0 Å². The van der Waals surface area contributed by atoms with Gasteiger partial charge in [0.05, 0.1) is 5.41 Å². The molecular formula is C64H48N2. The van der Waals surface area contributed by atoms with Gasteiger partial charge < -0.3 is 9.80 Å². The highest BCUT2D eigenvalue weighted by Gasteiger charge is 2.47. The predicted octanol–water partition coefficient (Wildman–Crippen LogP) is 17.4. The largest absolute Gasteiger partial charge is 0.310 e. The van der Waals surface area contributed by atoms with Gasteiger partial charge in [0.25, 0.3) is 0 Å². The number of fused-ring (bicyclic) bond motifs is 6. The van der Waals surface area contributed by atoms with Gasteiger partial charge in [-0.1, -0.05) is 180 Å². The highest BCUT2D eigenvalue weighted by Crippen LogP contribution is 2.59. The molecule has 2 heteroatoms. The van der Waals surface area contributed by atoms with Crippen molar-refractivity contribution in [3.63, 3.8) is 0 Å². The molecule has 0 saturated carbocycles. The smallest absolute Gasteiger partial charge is 0.0721 e. The third kappa shape index (κ3) is 6.48. The molecule has 0 aromatic heterocycles. The number of rotatable bonds is 8. The van der Waals surface area contributed by atoms with Crippen LogP contribution in [0.15, 0.2) is 237 Å². The average Bonchev–Trinajstić information content (AvgIpc) is 3.64. The SMILES string of the molecule is Cc1ccc(N(c2ccc3c(c2)C(c2ccc(C)cc2)(c2cccc4ccccc24)c2cc(N(c4ccc(C)cc4)c4ccc5ccccc5c4)ccc2-3)c2ccc3ccccc3c2)cc1. The minimum atomic E-state index is -0.699. The maximum absolute atomic E-state index is 2.49. The van der Waals surface area contributed by atoms with Crippen LogP contribution in [0.4, 0.5) is 34.1 Å². The van der Waals surface area contributed by atoms with E-state index in [2.05, 4.69) is 267 Å². The summed E-state index contributed by atoms with van der Waals surface area (Å²) in [5.41, 5.74) is 17.2. The first-order valence-corrected chi connectivity index (χ1v) is 23.0. The first kappa shape index (κ1) is 39.4. The third-order valence-electron chi connectivity index (χ3n) is 13.9. The lowest BCUT2D eigenvalue weighted by Crippen LogP contribution is -2.29. The number of nitrogens with zero attached hydrogens (tertiary/aromatic N) is 2. The Hall–Kier alpha value is -8.20. The van der Waals surface area contributed by atoms with Crippen molar-refractivity contribution in [2.24, 2.45) is 0 Å². The lowest BCUT2D eigenvalue weighted by Gasteiger charge is -2.36. The van der Waals surface area contributed by atoms with Gasteiger partial charge in [-0.2, -0.15) is 0 Å². The van der Waals surface area contributed by atoms with E-state index in [4.69, 9.17) is 0 Å². The normalized spacial score (nSPS) is 12.6. The van der Waals surface area contributed by atoms with E-state index in [0.717, 1.165) is 34.1 Å². The van der Waals surface area contributed by atoms with Gasteiger partial charge in [0, 0.05) is 34.1 Å². The Bertz CT molecular complexity index is 3440. The van der Waals surface area contributed by atoms with Crippen molar-refractivity contribution < 1.29 is 0 Å². The molecule has 0 atom stereocenters. The first-order chi connectivity index (χ1) is 32.4. The lowest BCUT2D eigenvalue weighted by molar-refractivity contribution is 0.776. The molecular weight excluding hydrogens is 797 g/mol. The second-order valence-corrected chi connectivity index (χ2v) is 18.0. The molecule has 1 aliphatic rings. The Morgan fingerprint density at radius 2 is 0.652 bits per heavy atom. The molecule has 0 N–H and O–H groups in total. The minimum Gasteiger partial charge on any atom is -0.310 e. The molecule has 0 amide bonds. The lowest BCUT2D eigenvalue weighted by atomic mass is 9.66. The number of benzene rings is 11. The second-order valence-electron chi connectivity index (χ2n) is 18.0. The summed E-state index contributed by atoms with van der Waals surface area (Å²) in [5, 5.41) is 7.33. The topological polar surface area (TPSA) is 6.48 Å². The van der Waals surface area contributed by atoms with Crippen LogP contribution in [-0.4, -0.2) is 0 Å². The summed E-state index contributed by atoms with van der Waals surface area (Å²) in [6.45, 7) is 6.50. The summed E-state index contributed by atoms with van der Waals surface area (Å²) >= 11 is 0. The summed E-state index contributed by atoms with van der Waals surface area (Å²) in [6.07, 6.45) is 0. The molecule has 2 nitrogen and oxygen atoms in total. The van der Waals surface area contributed by atoms with Crippen LogP contribution in [0, 0.1) is 20.8 Å². The fourth-order valence-electron chi connectivity index (χ4n) is 10.6. The quantitative estimate of drug-likeness (QED) is 0.150. The van der Waals surface area contributed by atoms with Crippen LogP contribution in [0.5, 0.6) is 0 Å². The van der Waals surface area contributed by atoms with Crippen molar-refractivity contribution in [2.45, 2.75) is 26.2 Å². The average molecular weight is 845 g/mol. The summed E-state index contributed by atoms with van der Waals surface area (Å²) < 4.78 is 0. The van der Waals surface area contributed by atoms with Gasteiger partial charge in [0.15, 0.2) is 0 Å². The molecule has 0 saturated heterocycles. The molecule has 0 radical (unpaired) electrons. The Kier molecular flexibility index (Phi) is 9.43. The second kappa shape index (κ2) is 15.8. The number of anilines is 6. The van der Waals surface area contributed by atoms with E-state index in [9.17, 15) is 0 Å². The molecule has 0 unspecified atom stereocenters. The van der Waals surface area contributed by atoms with Crippen LogP contribution in [0.1, 0.15) is 38.9 Å². The summed E-state index contributed by atoms with van der Waals surface area (Å²) in [4.78, 5) is 4.87. The molecule has 1 aliphatic carbocycles. The Labute approximate surface area is 387 Å². The van der Waals surface area contributed by atoms with Crippen molar-refractivity contribution in [2.75, 3.05) is 9.80 Å². The number of hydrogen-bond acceptors (Lipinski definition) is 2. The summed E-state index contributed by atoms with van der Waals surface area (Å²) in [7, 11) is 0. The summed E-state index contributed by atoms with van der Waals surface area (Å²) in [6, 6.07) is 88.4. The van der Waals surface area contributed by atoms with E-state index >= 15 is 0 Å². The van der Waals surface area contributed by atoms with Crippen molar-refractivity contribution in [1.29, 1.82) is 0 Å². The minimum absolute atomic E-state index is 0.699. The maximum Gasteiger partial charge on any atom is 0.0721 e. The van der Waals surface area contributed by atoms with Crippen molar-refractivity contribution in [1.82, 2.24) is 0 Å². The molecule has 0 bridgehead atoms. The van der Waals surface area contributed by atoms with Crippen molar-refractivity contribution in [3.05, 3.63) is 276 Å². The van der Waals surface area contributed by atoms with Crippen LogP contribution in [0.3, 0.4) is 0 Å². The van der Waals surface area contributed by atoms with E-state index in [1.54, 1.807) is 0 Å². The van der Waals surface area contributed by atoms with Crippen molar-refractivity contribution >= 4 is 66.4 Å². The Morgan fingerprint density at radius 3 is 1.15 bits per heavy atom. The first-order valence-electron chi connectivity index (χ1n) is 23.0. The molecule has 12 rings (SSSR count). The van der Waals surface area contributed by atoms with Crippen LogP contribution in [0.25, 0.3) is 43.4 Å². The van der Waals surface area contributed by atoms with Crippen LogP contribution in [-0.2, 0) is 5.41 Å². The molecule has 0 aliphatic heterocycles. The predicted molar refractivity (Wildman–Crippen MR) is 280 cm³/mol. The molecule has 11 aromatic rings. The van der Waals surface area contributed by atoms with Gasteiger partial charge in [-0.3, -0.25) is 0 Å². The van der Waals surface area contributed by atoms with Crippen molar-refractivity contribution in [3.8, 4) is 11.1 Å². The molecule has 66 heavy (non-hydrogen) atoms. The number of hydrogen-bond donors (Lipinski definition) is 0. The highest BCUT2D eigenvalue weighted by molar-refractivity contribution is 5.98. The van der Waals surface area contributed by atoms with Crippen LogP contribution in [0.2, 0.25) is 0 Å². The monoisotopic (exact) mass is 844 g/mol. The summed E-state index contributed by atoms with van der Waals surface area (Å²) in [5.74, 6) is 0. The standard InChI is InChI=1S/C64H48N2/c1-43-19-27-51(28-20-43)64(61-18-10-16-48-13-8-9-17-58(48)61)62-41-56(65(52-29-21-44(2)22-30-52)54-33-25-46-11-4-6-14-49(46)39-54)35-37-59(62)60-38-36-57(42-63(60)64)66(53-31-23-45(3)24-32-53)55-34-26-47-12-5-7-15-50(47)40-55/h4-42H,1-3H3. The van der Waals surface area contributed by atoms with E-state index in [1.807, 2.05) is 0 Å². The zero-order chi connectivity index (χ0) is 44.4. The van der Waals surface area contributed by atoms with Gasteiger partial charge in [0.2, 0.25) is 0 Å². The van der Waals surface area contributed by atoms with Gasteiger partial charge in [-0.25, -0.2) is 0 Å². The zero-order valence-electron chi connectivity index (χ0n) is 37.4. The van der Waals surface area contributed by atoms with E-state index in [0.29, 0.717) is 0 Å². The van der Waals surface area contributed by atoms with Gasteiger partial charge >= 0.3 is 0 Å². The Balaban J connectivity index is 1.16. The Morgan fingerprint density at radius 1 is 0.273 bits per heavy atom. The molecule has 314 valence electrons. The van der Waals surface area contributed by atoms with Crippen LogP contribution >= 0.6 is 0 Å². The molecule has 0 fully saturated rings. The molecule has 0 spiro atoms. The molecule has 0 heterocycles. The highest BCUT2D eigenvalue weighted by atomic mass is 15.1. The third-order valence-corrected chi connectivity index (χ3v) is 13.9. The maximum atomic E-state index is 2.49. The van der Waals surface area contributed by atoms with Crippen LogP contribution < -0.4 is 9.80 Å². The van der Waals surface area contributed by atoms with Gasteiger partial charge in [-0.15, -0.1) is 0 Å². The zero-order valence-corrected chi connectivity index (χ0v) is 37.4. The van der Waals surface area contributed by atoms with E-state index in [1.165, 1.54) is 82.4 Å². The van der Waals surface area contributed by atoms with E-state index in [-0.39, 0.29) is 0 Å². The van der Waals surface area contributed by atoms with E-state index < -0.39 is 5.41 Å².